The van der Waals surface area contributed by atoms with Crippen molar-refractivity contribution in [1.29, 1.82) is 0 Å². The summed E-state index contributed by atoms with van der Waals surface area (Å²) in [6, 6.07) is 0. The molecule has 0 amide bonds. The van der Waals surface area contributed by atoms with Gasteiger partial charge in [-0.15, -0.1) is 23.5 Å². The Kier molecular flexibility index (Phi) is 7.36. The number of thioether (sulfide) groups is 2. The zero-order chi connectivity index (χ0) is 22.4. The Bertz CT molecular complexity index is 708. The predicted molar refractivity (Wildman–Crippen MR) is 107 cm³/mol. The molecule has 0 aromatic rings. The van der Waals surface area contributed by atoms with E-state index < -0.39 is 51.6 Å². The van der Waals surface area contributed by atoms with E-state index in [-0.39, 0.29) is 17.6 Å². The fraction of sp³-hybridized carbons (Fsp3) is 1.00. The Hall–Kier alpha value is 0.240. The second kappa shape index (κ2) is 8.88. The molecule has 0 spiro atoms. The van der Waals surface area contributed by atoms with Gasteiger partial charge in [0.25, 0.3) is 0 Å². The number of alkyl halides is 3. The van der Waals surface area contributed by atoms with E-state index in [4.69, 9.17) is 23.1 Å². The molecule has 4 atom stereocenters. The van der Waals surface area contributed by atoms with Crippen LogP contribution >= 0.6 is 23.5 Å². The highest BCUT2D eigenvalue weighted by molar-refractivity contribution is 8.17. The van der Waals surface area contributed by atoms with Gasteiger partial charge in [-0.1, -0.05) is 0 Å². The van der Waals surface area contributed by atoms with Crippen molar-refractivity contribution in [1.82, 2.24) is 0 Å². The lowest BCUT2D eigenvalue weighted by molar-refractivity contribution is -0.175. The second-order valence-corrected chi connectivity index (χ2v) is 12.7. The Balaban J connectivity index is 1.86. The molecule has 30 heavy (non-hydrogen) atoms. The molecule has 0 saturated carbocycles. The highest BCUT2D eigenvalue weighted by atomic mass is 32.2. The number of hydrogen-bond acceptors (Lipinski definition) is 9. The zero-order valence-electron chi connectivity index (χ0n) is 17.1. The zero-order valence-corrected chi connectivity index (χ0v) is 19.6. The Morgan fingerprint density at radius 2 is 1.70 bits per heavy atom. The SMILES string of the molecule is CC1(C)O[C@H]([C@H]2COC(C)(C)O2)[C@@H]([C@@H](CC2SCCCS2)OS(=O)(=O)C(F)(F)F)O1. The van der Waals surface area contributed by atoms with Crippen molar-refractivity contribution in [2.45, 2.75) is 86.6 Å². The molecule has 0 aromatic heterocycles. The van der Waals surface area contributed by atoms with Crippen LogP contribution in [0.25, 0.3) is 0 Å². The molecule has 13 heteroatoms. The molecule has 0 bridgehead atoms. The normalized spacial score (nSPS) is 33.6. The quantitative estimate of drug-likeness (QED) is 0.406. The third-order valence-electron chi connectivity index (χ3n) is 4.78. The largest absolute Gasteiger partial charge is 0.523 e. The molecule has 7 nitrogen and oxygen atoms in total. The lowest BCUT2D eigenvalue weighted by Gasteiger charge is -2.32. The molecule has 0 aliphatic carbocycles. The van der Waals surface area contributed by atoms with Crippen LogP contribution in [-0.2, 0) is 33.2 Å². The highest BCUT2D eigenvalue weighted by Gasteiger charge is 2.56. The van der Waals surface area contributed by atoms with Gasteiger partial charge >= 0.3 is 15.6 Å². The topological polar surface area (TPSA) is 80.3 Å². The summed E-state index contributed by atoms with van der Waals surface area (Å²) >= 11 is 3.14. The summed E-state index contributed by atoms with van der Waals surface area (Å²) in [4.78, 5) is 0. The van der Waals surface area contributed by atoms with Crippen molar-refractivity contribution in [3.05, 3.63) is 0 Å². The minimum absolute atomic E-state index is 0.0578. The molecule has 3 saturated heterocycles. The van der Waals surface area contributed by atoms with Crippen LogP contribution in [0.5, 0.6) is 0 Å². The van der Waals surface area contributed by atoms with Crippen molar-refractivity contribution >= 4 is 33.6 Å². The van der Waals surface area contributed by atoms with Crippen molar-refractivity contribution in [2.24, 2.45) is 0 Å². The molecule has 0 radical (unpaired) electrons. The van der Waals surface area contributed by atoms with Crippen LogP contribution in [0.4, 0.5) is 13.2 Å². The first-order valence-corrected chi connectivity index (χ1v) is 13.1. The van der Waals surface area contributed by atoms with Gasteiger partial charge < -0.3 is 18.9 Å². The van der Waals surface area contributed by atoms with E-state index in [0.29, 0.717) is 0 Å². The van der Waals surface area contributed by atoms with E-state index in [2.05, 4.69) is 0 Å². The van der Waals surface area contributed by atoms with Crippen molar-refractivity contribution in [3.8, 4) is 0 Å². The maximum Gasteiger partial charge on any atom is 0.523 e. The lowest BCUT2D eigenvalue weighted by Crippen LogP contribution is -2.47. The predicted octanol–water partition coefficient (Wildman–Crippen LogP) is 3.48. The first kappa shape index (κ1) is 24.9. The molecule has 176 valence electrons. The molecule has 0 aromatic carbocycles. The summed E-state index contributed by atoms with van der Waals surface area (Å²) in [5.74, 6) is -0.348. The van der Waals surface area contributed by atoms with Crippen LogP contribution in [-0.4, -0.2) is 72.6 Å². The lowest BCUT2D eigenvalue weighted by atomic mass is 10.0. The third-order valence-corrected chi connectivity index (χ3v) is 8.84. The third kappa shape index (κ3) is 5.97. The Morgan fingerprint density at radius 1 is 1.07 bits per heavy atom. The van der Waals surface area contributed by atoms with Gasteiger partial charge in [-0.25, -0.2) is 0 Å². The van der Waals surface area contributed by atoms with Gasteiger partial charge in [-0.3, -0.25) is 4.18 Å². The maximum absolute atomic E-state index is 13.1. The molecule has 3 aliphatic rings. The van der Waals surface area contributed by atoms with Crippen LogP contribution in [0.3, 0.4) is 0 Å². The summed E-state index contributed by atoms with van der Waals surface area (Å²) in [6.07, 6.45) is -2.92. The van der Waals surface area contributed by atoms with Gasteiger partial charge in [0, 0.05) is 0 Å². The Labute approximate surface area is 183 Å². The molecule has 3 aliphatic heterocycles. The molecule has 0 N–H and O–H groups in total. The maximum atomic E-state index is 13.1. The summed E-state index contributed by atoms with van der Waals surface area (Å²) < 4.78 is 90.7. The van der Waals surface area contributed by atoms with Gasteiger partial charge in [0.2, 0.25) is 0 Å². The van der Waals surface area contributed by atoms with Crippen LogP contribution in [0, 0.1) is 0 Å². The average Bonchev–Trinajstić information content (AvgIpc) is 3.12. The number of rotatable bonds is 6. The van der Waals surface area contributed by atoms with E-state index >= 15 is 0 Å². The van der Waals surface area contributed by atoms with Crippen LogP contribution in [0.1, 0.15) is 40.5 Å². The number of hydrogen-bond donors (Lipinski definition) is 0. The van der Waals surface area contributed by atoms with Gasteiger partial charge in [0.05, 0.1) is 11.2 Å². The fourth-order valence-corrected chi connectivity index (χ4v) is 7.14. The van der Waals surface area contributed by atoms with E-state index in [1.54, 1.807) is 51.2 Å². The van der Waals surface area contributed by atoms with Crippen LogP contribution in [0.15, 0.2) is 0 Å². The second-order valence-electron chi connectivity index (χ2n) is 8.23. The summed E-state index contributed by atoms with van der Waals surface area (Å²) in [7, 11) is -5.82. The average molecular weight is 497 g/mol. The van der Waals surface area contributed by atoms with Crippen LogP contribution < -0.4 is 0 Å². The number of halogens is 3. The molecular formula is C17H27F3O7S3. The molecular weight excluding hydrogens is 469 g/mol. The molecule has 3 fully saturated rings. The van der Waals surface area contributed by atoms with E-state index in [1.165, 1.54) is 0 Å². The minimum Gasteiger partial charge on any atom is -0.348 e. The van der Waals surface area contributed by atoms with E-state index in [1.807, 2.05) is 0 Å². The first-order chi connectivity index (χ1) is 13.7. The standard InChI is InChI=1S/C17H27F3O7S3/c1-15(2)23-9-11(24-15)14-13(25-16(3,4)26-14)10(8-12-28-6-5-7-29-12)27-30(21,22)17(18,19)20/h10-14H,5-9H2,1-4H3/t10-,11-,13-,14-/m1/s1. The first-order valence-electron chi connectivity index (χ1n) is 9.59. The smallest absolute Gasteiger partial charge is 0.348 e. The van der Waals surface area contributed by atoms with Crippen LogP contribution in [0.2, 0.25) is 0 Å². The number of ether oxygens (including phenoxy) is 4. The van der Waals surface area contributed by atoms with E-state index in [9.17, 15) is 21.6 Å². The fourth-order valence-electron chi connectivity index (χ4n) is 3.58. The van der Waals surface area contributed by atoms with Crippen molar-refractivity contribution in [3.63, 3.8) is 0 Å². The summed E-state index contributed by atoms with van der Waals surface area (Å²) in [5.41, 5.74) is -5.53. The van der Waals surface area contributed by atoms with Crippen molar-refractivity contribution < 1.29 is 44.7 Å². The van der Waals surface area contributed by atoms with Gasteiger partial charge in [0.15, 0.2) is 11.6 Å². The van der Waals surface area contributed by atoms with Crippen molar-refractivity contribution in [2.75, 3.05) is 18.1 Å². The van der Waals surface area contributed by atoms with Gasteiger partial charge in [0.1, 0.15) is 24.4 Å². The molecule has 0 unspecified atom stereocenters. The Morgan fingerprint density at radius 3 is 2.23 bits per heavy atom. The molecule has 3 rings (SSSR count). The van der Waals surface area contributed by atoms with Gasteiger partial charge in [-0.2, -0.15) is 21.6 Å². The van der Waals surface area contributed by atoms with E-state index in [0.717, 1.165) is 17.9 Å². The summed E-state index contributed by atoms with van der Waals surface area (Å²) in [5, 5.41) is 0. The summed E-state index contributed by atoms with van der Waals surface area (Å²) in [6.45, 7) is 6.78. The minimum atomic E-state index is -5.82. The monoisotopic (exact) mass is 496 g/mol. The molecule has 3 heterocycles. The highest BCUT2D eigenvalue weighted by Crippen LogP contribution is 2.42. The van der Waals surface area contributed by atoms with Gasteiger partial charge in [-0.05, 0) is 52.0 Å².